The molecule has 2 N–H and O–H groups in total. The zero-order valence-corrected chi connectivity index (χ0v) is 14.9. The lowest BCUT2D eigenvalue weighted by Crippen LogP contribution is -2.22. The summed E-state index contributed by atoms with van der Waals surface area (Å²) in [5, 5.41) is 13.8. The number of anilines is 1. The first-order valence-electron chi connectivity index (χ1n) is 7.58. The molecule has 1 aliphatic rings. The van der Waals surface area contributed by atoms with E-state index in [4.69, 9.17) is 0 Å². The molecule has 1 aromatic heterocycles. The fraction of sp³-hybridized carbons (Fsp3) is 0.412. The van der Waals surface area contributed by atoms with Crippen LogP contribution in [-0.2, 0) is 12.8 Å². The van der Waals surface area contributed by atoms with Crippen LogP contribution in [-0.4, -0.2) is 21.2 Å². The van der Waals surface area contributed by atoms with E-state index >= 15 is 0 Å². The molecule has 5 heteroatoms. The molecule has 0 bridgehead atoms. The number of aromatic nitrogens is 2. The van der Waals surface area contributed by atoms with Crippen LogP contribution in [0.2, 0.25) is 0 Å². The smallest absolute Gasteiger partial charge is 0.143 e. The minimum atomic E-state index is -0.420. The molecule has 1 heterocycles. The summed E-state index contributed by atoms with van der Waals surface area (Å²) in [6, 6.07) is 8.08. The molecule has 0 unspecified atom stereocenters. The highest BCUT2D eigenvalue weighted by Crippen LogP contribution is 2.34. The van der Waals surface area contributed by atoms with Gasteiger partial charge in [-0.05, 0) is 46.1 Å². The third-order valence-electron chi connectivity index (χ3n) is 3.96. The van der Waals surface area contributed by atoms with Crippen molar-refractivity contribution in [1.82, 2.24) is 9.97 Å². The molecular weight excluding hydrogens is 389 g/mol. The molecule has 2 atom stereocenters. The first-order valence-corrected chi connectivity index (χ1v) is 8.66. The minimum absolute atomic E-state index is 0.105. The van der Waals surface area contributed by atoms with Gasteiger partial charge in [-0.2, -0.15) is 0 Å². The van der Waals surface area contributed by atoms with Crippen molar-refractivity contribution < 1.29 is 5.11 Å². The molecule has 2 aromatic rings. The molecule has 0 saturated heterocycles. The molecule has 0 amide bonds. The quantitative estimate of drug-likeness (QED) is 0.761. The molecule has 116 valence electrons. The topological polar surface area (TPSA) is 58.0 Å². The molecule has 1 aliphatic carbocycles. The third kappa shape index (κ3) is 3.10. The van der Waals surface area contributed by atoms with Crippen LogP contribution in [0.5, 0.6) is 0 Å². The van der Waals surface area contributed by atoms with E-state index in [0.717, 1.165) is 27.1 Å². The standard InChI is InChI=1S/C17H20IN3O/c1-10(2)7-13-15(18)17(20-9-19-13)21-16-12-6-4-3-5-11(12)8-14(16)22/h3-6,9-10,14,16,22H,7-8H2,1-2H3,(H,19,20,21)/t14-,16+/m1/s1. The van der Waals surface area contributed by atoms with E-state index in [2.05, 4.69) is 63.9 Å². The lowest BCUT2D eigenvalue weighted by molar-refractivity contribution is 0.165. The zero-order valence-electron chi connectivity index (χ0n) is 12.8. The summed E-state index contributed by atoms with van der Waals surface area (Å²) < 4.78 is 1.05. The maximum Gasteiger partial charge on any atom is 0.143 e. The van der Waals surface area contributed by atoms with Gasteiger partial charge < -0.3 is 10.4 Å². The van der Waals surface area contributed by atoms with Crippen LogP contribution in [0.15, 0.2) is 30.6 Å². The predicted molar refractivity (Wildman–Crippen MR) is 95.8 cm³/mol. The van der Waals surface area contributed by atoms with Crippen molar-refractivity contribution in [2.45, 2.75) is 38.8 Å². The highest BCUT2D eigenvalue weighted by atomic mass is 127. The highest BCUT2D eigenvalue weighted by Gasteiger charge is 2.31. The van der Waals surface area contributed by atoms with E-state index in [1.165, 1.54) is 5.56 Å². The number of nitrogens with one attached hydrogen (secondary N) is 1. The second-order valence-electron chi connectivity index (χ2n) is 6.17. The number of nitrogens with zero attached hydrogens (tertiary/aromatic N) is 2. The number of aliphatic hydroxyl groups excluding tert-OH is 1. The summed E-state index contributed by atoms with van der Waals surface area (Å²) in [7, 11) is 0. The van der Waals surface area contributed by atoms with E-state index in [0.29, 0.717) is 12.3 Å². The molecule has 0 fully saturated rings. The van der Waals surface area contributed by atoms with Crippen molar-refractivity contribution in [2.75, 3.05) is 5.32 Å². The van der Waals surface area contributed by atoms with Crippen LogP contribution < -0.4 is 5.32 Å². The second kappa shape index (κ2) is 6.50. The van der Waals surface area contributed by atoms with Crippen molar-refractivity contribution in [1.29, 1.82) is 0 Å². The number of hydrogen-bond donors (Lipinski definition) is 2. The zero-order chi connectivity index (χ0) is 15.7. The summed E-state index contributed by atoms with van der Waals surface area (Å²) in [4.78, 5) is 8.77. The fourth-order valence-corrected chi connectivity index (χ4v) is 3.59. The molecule has 4 nitrogen and oxygen atoms in total. The van der Waals surface area contributed by atoms with E-state index in [1.807, 2.05) is 12.1 Å². The number of aliphatic hydroxyl groups is 1. The van der Waals surface area contributed by atoms with Gasteiger partial charge in [0.25, 0.3) is 0 Å². The monoisotopic (exact) mass is 409 g/mol. The number of hydrogen-bond acceptors (Lipinski definition) is 4. The van der Waals surface area contributed by atoms with Crippen LogP contribution >= 0.6 is 22.6 Å². The molecule has 0 spiro atoms. The normalized spacial score (nSPS) is 20.2. The van der Waals surface area contributed by atoms with E-state index in [1.54, 1.807) is 6.33 Å². The van der Waals surface area contributed by atoms with E-state index < -0.39 is 6.10 Å². The SMILES string of the molecule is CC(C)Cc1ncnc(N[C@H]2c3ccccc3C[C@H]2O)c1I. The Kier molecular flexibility index (Phi) is 4.63. The lowest BCUT2D eigenvalue weighted by Gasteiger charge is -2.20. The lowest BCUT2D eigenvalue weighted by atomic mass is 10.1. The summed E-state index contributed by atoms with van der Waals surface area (Å²) >= 11 is 2.30. The first kappa shape index (κ1) is 15.7. The van der Waals surface area contributed by atoms with E-state index in [-0.39, 0.29) is 6.04 Å². The molecule has 3 rings (SSSR count). The van der Waals surface area contributed by atoms with Gasteiger partial charge in [0.05, 0.1) is 21.4 Å². The molecular formula is C17H20IN3O. The predicted octanol–water partition coefficient (Wildman–Crippen LogP) is 3.35. The Morgan fingerprint density at radius 1 is 1.32 bits per heavy atom. The fourth-order valence-electron chi connectivity index (χ4n) is 2.93. The van der Waals surface area contributed by atoms with Gasteiger partial charge in [-0.15, -0.1) is 0 Å². The minimum Gasteiger partial charge on any atom is -0.390 e. The van der Waals surface area contributed by atoms with Gasteiger partial charge in [0, 0.05) is 6.42 Å². The Morgan fingerprint density at radius 3 is 2.86 bits per heavy atom. The number of fused-ring (bicyclic) bond motifs is 1. The Bertz CT molecular complexity index is 675. The van der Waals surface area contributed by atoms with Gasteiger partial charge in [-0.3, -0.25) is 0 Å². The molecule has 22 heavy (non-hydrogen) atoms. The Balaban J connectivity index is 1.88. The second-order valence-corrected chi connectivity index (χ2v) is 7.25. The summed E-state index contributed by atoms with van der Waals surface area (Å²) in [5.74, 6) is 1.36. The Morgan fingerprint density at radius 2 is 2.09 bits per heavy atom. The summed E-state index contributed by atoms with van der Waals surface area (Å²) in [6.07, 6.45) is 2.81. The van der Waals surface area contributed by atoms with Crippen LogP contribution in [0.4, 0.5) is 5.82 Å². The van der Waals surface area contributed by atoms with Crippen LogP contribution in [0, 0.1) is 9.49 Å². The van der Waals surface area contributed by atoms with Gasteiger partial charge in [-0.25, -0.2) is 9.97 Å². The van der Waals surface area contributed by atoms with Crippen molar-refractivity contribution >= 4 is 28.4 Å². The van der Waals surface area contributed by atoms with Gasteiger partial charge in [0.15, 0.2) is 0 Å². The number of rotatable bonds is 4. The van der Waals surface area contributed by atoms with Crippen LogP contribution in [0.3, 0.4) is 0 Å². The van der Waals surface area contributed by atoms with Crippen molar-refractivity contribution in [3.05, 3.63) is 51.0 Å². The first-order chi connectivity index (χ1) is 10.6. The van der Waals surface area contributed by atoms with Gasteiger partial charge in [0.2, 0.25) is 0 Å². The van der Waals surface area contributed by atoms with Crippen LogP contribution in [0.1, 0.15) is 36.7 Å². The number of halogens is 1. The maximum absolute atomic E-state index is 10.4. The maximum atomic E-state index is 10.4. The van der Waals surface area contributed by atoms with Crippen molar-refractivity contribution in [2.24, 2.45) is 5.92 Å². The van der Waals surface area contributed by atoms with Crippen LogP contribution in [0.25, 0.3) is 0 Å². The molecule has 0 saturated carbocycles. The summed E-state index contributed by atoms with van der Waals surface area (Å²) in [6.45, 7) is 4.37. The molecule has 1 aromatic carbocycles. The van der Waals surface area contributed by atoms with Gasteiger partial charge >= 0.3 is 0 Å². The number of benzene rings is 1. The Labute approximate surface area is 144 Å². The molecule has 0 aliphatic heterocycles. The molecule has 0 radical (unpaired) electrons. The Hall–Kier alpha value is -1.21. The van der Waals surface area contributed by atoms with E-state index in [9.17, 15) is 5.11 Å². The van der Waals surface area contributed by atoms with Gasteiger partial charge in [-0.1, -0.05) is 38.1 Å². The van der Waals surface area contributed by atoms with Gasteiger partial charge in [0.1, 0.15) is 12.1 Å². The van der Waals surface area contributed by atoms with Crippen molar-refractivity contribution in [3.63, 3.8) is 0 Å². The largest absolute Gasteiger partial charge is 0.390 e. The average molecular weight is 409 g/mol. The van der Waals surface area contributed by atoms with Crippen molar-refractivity contribution in [3.8, 4) is 0 Å². The highest BCUT2D eigenvalue weighted by molar-refractivity contribution is 14.1. The average Bonchev–Trinajstić information content (AvgIpc) is 2.79. The third-order valence-corrected chi connectivity index (χ3v) is 5.09. The summed E-state index contributed by atoms with van der Waals surface area (Å²) in [5.41, 5.74) is 3.43.